The molecule has 7 nitrogen and oxygen atoms in total. The Morgan fingerprint density at radius 3 is 2.75 bits per heavy atom. The molecule has 0 fully saturated rings. The van der Waals surface area contributed by atoms with Gasteiger partial charge in [-0.25, -0.2) is 0 Å². The van der Waals surface area contributed by atoms with Crippen LogP contribution in [0.25, 0.3) is 0 Å². The number of nitrogens with zero attached hydrogens (tertiary/aromatic N) is 2. The monoisotopic (exact) mass is 431 g/mol. The number of hydrogen-bond acceptors (Lipinski definition) is 5. The lowest BCUT2D eigenvalue weighted by Gasteiger charge is -2.29. The number of amides is 2. The molecule has 1 aromatic heterocycles. The number of anilines is 1. The Bertz CT molecular complexity index is 1070. The topological polar surface area (TPSA) is 80.8 Å². The fraction of sp³-hybridized carbons (Fsp3) is 0.240. The Morgan fingerprint density at radius 1 is 1.16 bits per heavy atom. The summed E-state index contributed by atoms with van der Waals surface area (Å²) in [6, 6.07) is 18.7. The van der Waals surface area contributed by atoms with Crippen molar-refractivity contribution in [2.45, 2.75) is 26.0 Å². The van der Waals surface area contributed by atoms with Crippen LogP contribution in [0, 0.1) is 0 Å². The van der Waals surface area contributed by atoms with Crippen LogP contribution in [0.3, 0.4) is 0 Å². The highest BCUT2D eigenvalue weighted by Crippen LogP contribution is 2.31. The highest BCUT2D eigenvalue weighted by molar-refractivity contribution is 5.98. The third-order valence-electron chi connectivity index (χ3n) is 5.26. The van der Waals surface area contributed by atoms with Crippen molar-refractivity contribution < 1.29 is 19.1 Å². The van der Waals surface area contributed by atoms with Crippen molar-refractivity contribution in [3.8, 4) is 11.5 Å². The quantitative estimate of drug-likeness (QED) is 0.589. The zero-order chi connectivity index (χ0) is 22.3. The summed E-state index contributed by atoms with van der Waals surface area (Å²) >= 11 is 0. The SMILES string of the molecule is CC(NC(=O)CCN1C(=O)COc2ccccc21)c1ccc(OCc2cccnc2)cc1. The van der Waals surface area contributed by atoms with Crippen molar-refractivity contribution >= 4 is 17.5 Å². The van der Waals surface area contributed by atoms with Crippen molar-refractivity contribution in [1.29, 1.82) is 0 Å². The predicted octanol–water partition coefficient (Wildman–Crippen LogP) is 3.65. The van der Waals surface area contributed by atoms with Gasteiger partial charge < -0.3 is 19.7 Å². The van der Waals surface area contributed by atoms with Gasteiger partial charge in [-0.05, 0) is 42.8 Å². The van der Waals surface area contributed by atoms with Crippen LogP contribution in [0.5, 0.6) is 11.5 Å². The maximum atomic E-state index is 12.5. The normalized spacial score (nSPS) is 13.7. The summed E-state index contributed by atoms with van der Waals surface area (Å²) in [7, 11) is 0. The van der Waals surface area contributed by atoms with Crippen LogP contribution >= 0.6 is 0 Å². The van der Waals surface area contributed by atoms with Gasteiger partial charge in [-0.2, -0.15) is 0 Å². The lowest BCUT2D eigenvalue weighted by Crippen LogP contribution is -2.41. The molecule has 1 aliphatic rings. The molecule has 1 N–H and O–H groups in total. The minimum Gasteiger partial charge on any atom is -0.489 e. The number of ether oxygens (including phenoxy) is 2. The van der Waals surface area contributed by atoms with E-state index >= 15 is 0 Å². The third kappa shape index (κ3) is 5.24. The number of para-hydroxylation sites is 2. The molecule has 32 heavy (non-hydrogen) atoms. The minimum absolute atomic E-state index is 0.00968. The van der Waals surface area contributed by atoms with Crippen molar-refractivity contribution in [1.82, 2.24) is 10.3 Å². The first-order valence-corrected chi connectivity index (χ1v) is 10.5. The number of pyridine rings is 1. The summed E-state index contributed by atoms with van der Waals surface area (Å²) in [5.41, 5.74) is 2.67. The molecule has 0 saturated heterocycles. The predicted molar refractivity (Wildman–Crippen MR) is 120 cm³/mol. The number of rotatable bonds is 8. The highest BCUT2D eigenvalue weighted by Gasteiger charge is 2.25. The van der Waals surface area contributed by atoms with Gasteiger partial charge in [0.25, 0.3) is 5.91 Å². The summed E-state index contributed by atoms with van der Waals surface area (Å²) < 4.78 is 11.2. The van der Waals surface area contributed by atoms with Crippen molar-refractivity contribution in [2.75, 3.05) is 18.1 Å². The van der Waals surface area contributed by atoms with Gasteiger partial charge in [0.05, 0.1) is 11.7 Å². The molecule has 2 aromatic carbocycles. The molecular weight excluding hydrogens is 406 g/mol. The molecule has 3 aromatic rings. The first-order valence-electron chi connectivity index (χ1n) is 10.5. The van der Waals surface area contributed by atoms with E-state index in [1.54, 1.807) is 17.3 Å². The minimum atomic E-state index is -0.164. The van der Waals surface area contributed by atoms with Gasteiger partial charge in [0.1, 0.15) is 18.1 Å². The van der Waals surface area contributed by atoms with Crippen molar-refractivity contribution in [2.24, 2.45) is 0 Å². The van der Waals surface area contributed by atoms with E-state index in [9.17, 15) is 9.59 Å². The number of hydrogen-bond donors (Lipinski definition) is 1. The average molecular weight is 431 g/mol. The Hall–Kier alpha value is -3.87. The summed E-state index contributed by atoms with van der Waals surface area (Å²) in [5.74, 6) is 1.14. The van der Waals surface area contributed by atoms with Gasteiger partial charge in [0, 0.05) is 30.9 Å². The molecule has 1 unspecified atom stereocenters. The molecule has 164 valence electrons. The molecule has 1 aliphatic heterocycles. The zero-order valence-corrected chi connectivity index (χ0v) is 17.9. The second-order valence-electron chi connectivity index (χ2n) is 7.56. The van der Waals surface area contributed by atoms with E-state index in [-0.39, 0.29) is 30.9 Å². The van der Waals surface area contributed by atoms with E-state index in [0.717, 1.165) is 16.9 Å². The lowest BCUT2D eigenvalue weighted by molar-refractivity contribution is -0.122. The summed E-state index contributed by atoms with van der Waals surface area (Å²) in [5, 5.41) is 2.99. The van der Waals surface area contributed by atoms with Crippen LogP contribution in [0.15, 0.2) is 73.1 Å². The van der Waals surface area contributed by atoms with Crippen LogP contribution in [0.4, 0.5) is 5.69 Å². The van der Waals surface area contributed by atoms with E-state index in [2.05, 4.69) is 10.3 Å². The Labute approximate surface area is 187 Å². The van der Waals surface area contributed by atoms with Crippen LogP contribution in [0.1, 0.15) is 30.5 Å². The number of aromatic nitrogens is 1. The molecule has 2 amide bonds. The van der Waals surface area contributed by atoms with Gasteiger partial charge in [-0.15, -0.1) is 0 Å². The third-order valence-corrected chi connectivity index (χ3v) is 5.26. The molecule has 2 heterocycles. The van der Waals surface area contributed by atoms with Gasteiger partial charge in [-0.1, -0.05) is 30.3 Å². The van der Waals surface area contributed by atoms with E-state index in [0.29, 0.717) is 24.6 Å². The van der Waals surface area contributed by atoms with E-state index in [1.165, 1.54) is 0 Å². The van der Waals surface area contributed by atoms with Crippen LogP contribution in [-0.4, -0.2) is 29.9 Å². The summed E-state index contributed by atoms with van der Waals surface area (Å²) in [6.45, 7) is 2.67. The molecule has 0 saturated carbocycles. The first kappa shape index (κ1) is 21.4. The number of carbonyl (C=O) groups is 2. The lowest BCUT2D eigenvalue weighted by atomic mass is 10.1. The smallest absolute Gasteiger partial charge is 0.265 e. The van der Waals surface area contributed by atoms with Crippen molar-refractivity contribution in [3.63, 3.8) is 0 Å². The number of nitrogens with one attached hydrogen (secondary N) is 1. The highest BCUT2D eigenvalue weighted by atomic mass is 16.5. The first-order chi connectivity index (χ1) is 15.6. The van der Waals surface area contributed by atoms with Gasteiger partial charge >= 0.3 is 0 Å². The van der Waals surface area contributed by atoms with Gasteiger partial charge in [0.15, 0.2) is 6.61 Å². The van der Waals surface area contributed by atoms with E-state index in [1.807, 2.05) is 67.6 Å². The summed E-state index contributed by atoms with van der Waals surface area (Å²) in [6.07, 6.45) is 3.71. The fourth-order valence-corrected chi connectivity index (χ4v) is 3.51. The molecule has 4 rings (SSSR count). The van der Waals surface area contributed by atoms with Crippen LogP contribution < -0.4 is 19.7 Å². The van der Waals surface area contributed by atoms with E-state index < -0.39 is 0 Å². The number of benzene rings is 2. The molecular formula is C25H25N3O4. The number of carbonyl (C=O) groups excluding carboxylic acids is 2. The Morgan fingerprint density at radius 2 is 1.97 bits per heavy atom. The maximum Gasteiger partial charge on any atom is 0.265 e. The average Bonchev–Trinajstić information content (AvgIpc) is 2.83. The molecule has 0 aliphatic carbocycles. The standard InChI is InChI=1S/C25H25N3O4/c1-18(20-8-10-21(11-9-20)31-16-19-5-4-13-26-15-19)27-24(29)12-14-28-22-6-2-3-7-23(22)32-17-25(28)30/h2-11,13,15,18H,12,14,16-17H2,1H3,(H,27,29). The largest absolute Gasteiger partial charge is 0.489 e. The van der Waals surface area contributed by atoms with Crippen LogP contribution in [-0.2, 0) is 16.2 Å². The van der Waals surface area contributed by atoms with Gasteiger partial charge in [0.2, 0.25) is 5.91 Å². The molecule has 1 atom stereocenters. The molecule has 0 radical (unpaired) electrons. The second kappa shape index (κ2) is 9.96. The Kier molecular flexibility index (Phi) is 6.65. The van der Waals surface area contributed by atoms with Gasteiger partial charge in [-0.3, -0.25) is 14.6 Å². The fourth-order valence-electron chi connectivity index (χ4n) is 3.51. The molecule has 7 heteroatoms. The summed E-state index contributed by atoms with van der Waals surface area (Å²) in [4.78, 5) is 30.4. The van der Waals surface area contributed by atoms with E-state index in [4.69, 9.17) is 9.47 Å². The van der Waals surface area contributed by atoms with Crippen LogP contribution in [0.2, 0.25) is 0 Å². The molecule has 0 bridgehead atoms. The molecule has 0 spiro atoms. The number of fused-ring (bicyclic) bond motifs is 1. The maximum absolute atomic E-state index is 12.5. The second-order valence-corrected chi connectivity index (χ2v) is 7.56. The van der Waals surface area contributed by atoms with Crippen molar-refractivity contribution in [3.05, 3.63) is 84.2 Å². The zero-order valence-electron chi connectivity index (χ0n) is 17.9. The Balaban J connectivity index is 1.28.